The second kappa shape index (κ2) is 11.7. The lowest BCUT2D eigenvalue weighted by Crippen LogP contribution is -2.31. The van der Waals surface area contributed by atoms with Crippen molar-refractivity contribution in [2.24, 2.45) is 0 Å². The topological polar surface area (TPSA) is 49.9 Å². The predicted molar refractivity (Wildman–Crippen MR) is 126 cm³/mol. The van der Waals surface area contributed by atoms with Crippen molar-refractivity contribution in [2.45, 2.75) is 37.1 Å². The van der Waals surface area contributed by atoms with E-state index in [0.29, 0.717) is 11.6 Å². The average molecular weight is 463 g/mol. The molecule has 2 aromatic rings. The van der Waals surface area contributed by atoms with E-state index in [0.717, 1.165) is 24.3 Å². The first-order valence-corrected chi connectivity index (χ1v) is 12.6. The summed E-state index contributed by atoms with van der Waals surface area (Å²) < 4.78 is 33.8. The number of sulfonamides is 1. The standard InChI is InChI=1S/C24H31ClN2O3S/c1-2-15-27(31(28,29)23-13-11-22(25)12-14-23)20-21-9-4-5-10-24(21)30-19-8-18-26-16-6-3-7-17-26/h2,4-5,9-14H,1,3,6-8,15-20H2. The first-order valence-electron chi connectivity index (χ1n) is 10.8. The normalized spacial score (nSPS) is 15.2. The van der Waals surface area contributed by atoms with Crippen LogP contribution in [0.1, 0.15) is 31.2 Å². The summed E-state index contributed by atoms with van der Waals surface area (Å²) in [5.74, 6) is 0.724. The molecule has 0 saturated carbocycles. The quantitative estimate of drug-likeness (QED) is 0.349. The van der Waals surface area contributed by atoms with Gasteiger partial charge in [0.2, 0.25) is 10.0 Å². The summed E-state index contributed by atoms with van der Waals surface area (Å²) in [6.07, 6.45) is 6.44. The third-order valence-electron chi connectivity index (χ3n) is 5.43. The molecule has 5 nitrogen and oxygen atoms in total. The minimum atomic E-state index is -3.69. The number of rotatable bonds is 11. The van der Waals surface area contributed by atoms with Crippen molar-refractivity contribution in [3.05, 3.63) is 71.8 Å². The summed E-state index contributed by atoms with van der Waals surface area (Å²) in [7, 11) is -3.69. The van der Waals surface area contributed by atoms with Gasteiger partial charge in [0.05, 0.1) is 11.5 Å². The van der Waals surface area contributed by atoms with Crippen LogP contribution in [0.25, 0.3) is 0 Å². The molecule has 0 amide bonds. The fourth-order valence-electron chi connectivity index (χ4n) is 3.77. The van der Waals surface area contributed by atoms with Gasteiger partial charge in [-0.25, -0.2) is 8.42 Å². The largest absolute Gasteiger partial charge is 0.493 e. The van der Waals surface area contributed by atoms with Crippen molar-refractivity contribution in [3.8, 4) is 5.75 Å². The highest BCUT2D eigenvalue weighted by Gasteiger charge is 2.24. The van der Waals surface area contributed by atoms with Gasteiger partial charge in [0.25, 0.3) is 0 Å². The van der Waals surface area contributed by atoms with Gasteiger partial charge in [-0.3, -0.25) is 0 Å². The molecule has 168 valence electrons. The Morgan fingerprint density at radius 2 is 1.77 bits per heavy atom. The number of likely N-dealkylation sites (tertiary alicyclic amines) is 1. The minimum absolute atomic E-state index is 0.203. The highest BCUT2D eigenvalue weighted by molar-refractivity contribution is 7.89. The van der Waals surface area contributed by atoms with Gasteiger partial charge < -0.3 is 9.64 Å². The molecular weight excluding hydrogens is 432 g/mol. The lowest BCUT2D eigenvalue weighted by atomic mass is 10.1. The van der Waals surface area contributed by atoms with E-state index in [2.05, 4.69) is 11.5 Å². The molecule has 0 atom stereocenters. The van der Waals surface area contributed by atoms with Crippen molar-refractivity contribution in [2.75, 3.05) is 32.8 Å². The number of hydrogen-bond donors (Lipinski definition) is 0. The molecule has 0 N–H and O–H groups in total. The zero-order valence-corrected chi connectivity index (χ0v) is 19.5. The second-order valence-electron chi connectivity index (χ2n) is 7.75. The third-order valence-corrected chi connectivity index (χ3v) is 7.51. The number of halogens is 1. The van der Waals surface area contributed by atoms with Crippen LogP contribution in [0.15, 0.2) is 66.1 Å². The van der Waals surface area contributed by atoms with Crippen LogP contribution in [0.4, 0.5) is 0 Å². The van der Waals surface area contributed by atoms with Crippen molar-refractivity contribution < 1.29 is 13.2 Å². The number of nitrogens with zero attached hydrogens (tertiary/aromatic N) is 2. The van der Waals surface area contributed by atoms with Crippen LogP contribution in [0.5, 0.6) is 5.75 Å². The van der Waals surface area contributed by atoms with Crippen LogP contribution >= 0.6 is 11.6 Å². The Morgan fingerprint density at radius 1 is 1.06 bits per heavy atom. The lowest BCUT2D eigenvalue weighted by molar-refractivity contribution is 0.204. The van der Waals surface area contributed by atoms with E-state index in [4.69, 9.17) is 16.3 Å². The molecule has 31 heavy (non-hydrogen) atoms. The summed E-state index contributed by atoms with van der Waals surface area (Å²) >= 11 is 5.92. The third kappa shape index (κ3) is 6.81. The van der Waals surface area contributed by atoms with Gasteiger partial charge in [0.1, 0.15) is 5.75 Å². The summed E-state index contributed by atoms with van der Waals surface area (Å²) in [4.78, 5) is 2.70. The number of benzene rings is 2. The molecule has 0 unspecified atom stereocenters. The van der Waals surface area contributed by atoms with E-state index in [-0.39, 0.29) is 18.0 Å². The molecule has 0 radical (unpaired) electrons. The summed E-state index contributed by atoms with van der Waals surface area (Å²) in [5, 5.41) is 0.498. The molecule has 0 aliphatic carbocycles. The maximum atomic E-state index is 13.2. The maximum Gasteiger partial charge on any atom is 0.243 e. The molecule has 3 rings (SSSR count). The highest BCUT2D eigenvalue weighted by atomic mass is 35.5. The van der Waals surface area contributed by atoms with Gasteiger partial charge in [-0.1, -0.05) is 42.3 Å². The molecule has 1 fully saturated rings. The van der Waals surface area contributed by atoms with Crippen molar-refractivity contribution in [1.29, 1.82) is 0 Å². The van der Waals surface area contributed by atoms with E-state index < -0.39 is 10.0 Å². The zero-order chi connectivity index (χ0) is 22.1. The molecule has 1 aliphatic rings. The molecule has 1 aliphatic heterocycles. The molecular formula is C24H31ClN2O3S. The molecule has 0 bridgehead atoms. The van der Waals surface area contributed by atoms with Gasteiger partial charge in [-0.2, -0.15) is 4.31 Å². The highest BCUT2D eigenvalue weighted by Crippen LogP contribution is 2.25. The predicted octanol–water partition coefficient (Wildman–Crippen LogP) is 4.97. The Bertz CT molecular complexity index is 942. The minimum Gasteiger partial charge on any atom is -0.493 e. The summed E-state index contributed by atoms with van der Waals surface area (Å²) in [5.41, 5.74) is 0.833. The number of hydrogen-bond acceptors (Lipinski definition) is 4. The molecule has 7 heteroatoms. The van der Waals surface area contributed by atoms with Gasteiger partial charge in [0.15, 0.2) is 0 Å². The lowest BCUT2D eigenvalue weighted by Gasteiger charge is -2.26. The first-order chi connectivity index (χ1) is 15.0. The van der Waals surface area contributed by atoms with Crippen LogP contribution in [0.3, 0.4) is 0 Å². The van der Waals surface area contributed by atoms with E-state index in [1.165, 1.54) is 48.8 Å². The van der Waals surface area contributed by atoms with Crippen LogP contribution in [0, 0.1) is 0 Å². The van der Waals surface area contributed by atoms with Gasteiger partial charge in [-0.15, -0.1) is 6.58 Å². The second-order valence-corrected chi connectivity index (χ2v) is 10.1. The summed E-state index contributed by atoms with van der Waals surface area (Å²) in [6, 6.07) is 13.8. The Kier molecular flexibility index (Phi) is 8.96. The molecule has 0 spiro atoms. The van der Waals surface area contributed by atoms with Crippen LogP contribution in [0.2, 0.25) is 5.02 Å². The number of para-hydroxylation sites is 1. The molecule has 1 heterocycles. The fraction of sp³-hybridized carbons (Fsp3) is 0.417. The Hall–Kier alpha value is -1.86. The number of ether oxygens (including phenoxy) is 1. The van der Waals surface area contributed by atoms with Crippen molar-refractivity contribution >= 4 is 21.6 Å². The van der Waals surface area contributed by atoms with Gasteiger partial charge in [-0.05, 0) is 62.7 Å². The SMILES string of the molecule is C=CCN(Cc1ccccc1OCCCN1CCCCC1)S(=O)(=O)c1ccc(Cl)cc1. The number of piperidine rings is 1. The van der Waals surface area contributed by atoms with Gasteiger partial charge in [0, 0.05) is 30.2 Å². The van der Waals surface area contributed by atoms with Crippen LogP contribution in [-0.2, 0) is 16.6 Å². The Labute approximate surface area is 191 Å². The molecule has 2 aromatic carbocycles. The summed E-state index contributed by atoms with van der Waals surface area (Å²) in [6.45, 7) is 8.14. The Morgan fingerprint density at radius 3 is 2.48 bits per heavy atom. The molecule has 1 saturated heterocycles. The molecule has 0 aromatic heterocycles. The van der Waals surface area contributed by atoms with E-state index >= 15 is 0 Å². The zero-order valence-electron chi connectivity index (χ0n) is 17.9. The van der Waals surface area contributed by atoms with Crippen LogP contribution in [-0.4, -0.2) is 50.4 Å². The first kappa shape index (κ1) is 23.8. The van der Waals surface area contributed by atoms with E-state index in [1.54, 1.807) is 18.2 Å². The average Bonchev–Trinajstić information content (AvgIpc) is 2.78. The van der Waals surface area contributed by atoms with Crippen LogP contribution < -0.4 is 4.74 Å². The van der Waals surface area contributed by atoms with Gasteiger partial charge >= 0.3 is 0 Å². The van der Waals surface area contributed by atoms with Crippen molar-refractivity contribution in [1.82, 2.24) is 9.21 Å². The maximum absolute atomic E-state index is 13.2. The monoisotopic (exact) mass is 462 g/mol. The fourth-order valence-corrected chi connectivity index (χ4v) is 5.28. The van der Waals surface area contributed by atoms with E-state index in [1.807, 2.05) is 24.3 Å². The van der Waals surface area contributed by atoms with E-state index in [9.17, 15) is 8.42 Å². The van der Waals surface area contributed by atoms with Crippen molar-refractivity contribution in [3.63, 3.8) is 0 Å². The Balaban J connectivity index is 1.66. The smallest absolute Gasteiger partial charge is 0.243 e.